The van der Waals surface area contributed by atoms with E-state index in [-0.39, 0.29) is 16.1 Å². The number of benzene rings is 3. The lowest BCUT2D eigenvalue weighted by Crippen LogP contribution is -2.24. The molecule has 0 saturated carbocycles. The van der Waals surface area contributed by atoms with Gasteiger partial charge in [-0.25, -0.2) is 22.5 Å². The number of pyridine rings is 1. The SMILES string of the molecule is COc1cc(-c2cc(C(=O)OCC(=O)Nc3cc(S(=O)(=O)N(C)C)ccc3C)c3ccccc3n2)cc(OC)c1OC. The molecular weight excluding hydrogens is 562 g/mol. The predicted octanol–water partition coefficient (Wildman–Crippen LogP) is 4.28. The lowest BCUT2D eigenvalue weighted by atomic mass is 10.0. The maximum Gasteiger partial charge on any atom is 0.339 e. The first-order valence-electron chi connectivity index (χ1n) is 12.7. The van der Waals surface area contributed by atoms with Crippen LogP contribution in [-0.4, -0.2) is 71.6 Å². The summed E-state index contributed by atoms with van der Waals surface area (Å²) in [6.07, 6.45) is 0. The smallest absolute Gasteiger partial charge is 0.339 e. The number of amides is 1. The minimum atomic E-state index is -3.71. The molecule has 0 spiro atoms. The molecule has 42 heavy (non-hydrogen) atoms. The van der Waals surface area contributed by atoms with Crippen LogP contribution in [-0.2, 0) is 19.6 Å². The van der Waals surface area contributed by atoms with E-state index >= 15 is 0 Å². The third-order valence-electron chi connectivity index (χ3n) is 6.49. The fourth-order valence-corrected chi connectivity index (χ4v) is 5.15. The van der Waals surface area contributed by atoms with Gasteiger partial charge in [-0.15, -0.1) is 0 Å². The van der Waals surface area contributed by atoms with Crippen molar-refractivity contribution in [1.29, 1.82) is 0 Å². The van der Waals surface area contributed by atoms with E-state index in [1.165, 1.54) is 47.6 Å². The topological polar surface area (TPSA) is 133 Å². The van der Waals surface area contributed by atoms with Crippen molar-refractivity contribution in [3.8, 4) is 28.5 Å². The van der Waals surface area contributed by atoms with Gasteiger partial charge in [-0.3, -0.25) is 4.79 Å². The van der Waals surface area contributed by atoms with Crippen molar-refractivity contribution in [2.45, 2.75) is 11.8 Å². The van der Waals surface area contributed by atoms with Crippen LogP contribution in [0.5, 0.6) is 17.2 Å². The number of para-hydroxylation sites is 1. The van der Waals surface area contributed by atoms with Gasteiger partial charge in [0.2, 0.25) is 15.8 Å². The molecule has 0 aliphatic rings. The van der Waals surface area contributed by atoms with Gasteiger partial charge in [0.05, 0.1) is 43.0 Å². The van der Waals surface area contributed by atoms with Crippen LogP contribution in [0.4, 0.5) is 5.69 Å². The van der Waals surface area contributed by atoms with Crippen LogP contribution in [0.3, 0.4) is 0 Å². The predicted molar refractivity (Wildman–Crippen MR) is 158 cm³/mol. The fourth-order valence-electron chi connectivity index (χ4n) is 4.22. The molecule has 0 aliphatic heterocycles. The molecule has 12 heteroatoms. The van der Waals surface area contributed by atoms with Crippen molar-refractivity contribution < 1.29 is 37.0 Å². The Labute approximate surface area is 244 Å². The van der Waals surface area contributed by atoms with Crippen LogP contribution in [0.1, 0.15) is 15.9 Å². The number of aromatic nitrogens is 1. The van der Waals surface area contributed by atoms with Crippen LogP contribution in [0.2, 0.25) is 0 Å². The van der Waals surface area contributed by atoms with E-state index in [0.29, 0.717) is 45.0 Å². The number of sulfonamides is 1. The first-order chi connectivity index (χ1) is 20.0. The van der Waals surface area contributed by atoms with Gasteiger partial charge in [0.1, 0.15) is 0 Å². The number of nitrogens with zero attached hydrogens (tertiary/aromatic N) is 2. The van der Waals surface area contributed by atoms with Crippen molar-refractivity contribution in [2.75, 3.05) is 47.3 Å². The average molecular weight is 594 g/mol. The summed E-state index contributed by atoms with van der Waals surface area (Å²) in [7, 11) is 3.64. The molecular formula is C30H31N3O8S. The van der Waals surface area contributed by atoms with Gasteiger partial charge >= 0.3 is 5.97 Å². The van der Waals surface area contributed by atoms with E-state index in [2.05, 4.69) is 5.32 Å². The molecule has 0 radical (unpaired) electrons. The average Bonchev–Trinajstić information content (AvgIpc) is 2.99. The van der Waals surface area contributed by atoms with Crippen LogP contribution >= 0.6 is 0 Å². The Hall–Kier alpha value is -4.68. The third-order valence-corrected chi connectivity index (χ3v) is 8.30. The Balaban J connectivity index is 1.61. The summed E-state index contributed by atoms with van der Waals surface area (Å²) in [6, 6.07) is 16.5. The highest BCUT2D eigenvalue weighted by atomic mass is 32.2. The zero-order valence-corrected chi connectivity index (χ0v) is 24.9. The number of rotatable bonds is 10. The van der Waals surface area contributed by atoms with Gasteiger partial charge in [0.15, 0.2) is 18.1 Å². The highest BCUT2D eigenvalue weighted by molar-refractivity contribution is 7.89. The van der Waals surface area contributed by atoms with Crippen molar-refractivity contribution in [3.63, 3.8) is 0 Å². The number of fused-ring (bicyclic) bond motifs is 1. The lowest BCUT2D eigenvalue weighted by molar-refractivity contribution is -0.119. The molecule has 220 valence electrons. The zero-order valence-electron chi connectivity index (χ0n) is 24.0. The number of esters is 1. The van der Waals surface area contributed by atoms with Crippen LogP contribution in [0.25, 0.3) is 22.2 Å². The van der Waals surface area contributed by atoms with Gasteiger partial charge in [-0.2, -0.15) is 0 Å². The summed E-state index contributed by atoms with van der Waals surface area (Å²) in [6.45, 7) is 1.13. The molecule has 1 aromatic heterocycles. The maximum absolute atomic E-state index is 13.3. The van der Waals surface area contributed by atoms with Gasteiger partial charge in [0.25, 0.3) is 5.91 Å². The van der Waals surface area contributed by atoms with Crippen molar-refractivity contribution in [2.24, 2.45) is 0 Å². The van der Waals surface area contributed by atoms with Crippen LogP contribution in [0.15, 0.2) is 65.6 Å². The summed E-state index contributed by atoms with van der Waals surface area (Å²) >= 11 is 0. The van der Waals surface area contributed by atoms with E-state index in [4.69, 9.17) is 23.9 Å². The number of methoxy groups -OCH3 is 3. The molecule has 0 fully saturated rings. The molecule has 11 nitrogen and oxygen atoms in total. The Morgan fingerprint density at radius 2 is 1.57 bits per heavy atom. The first kappa shape index (κ1) is 30.3. The molecule has 0 aliphatic carbocycles. The van der Waals surface area contributed by atoms with Crippen LogP contribution in [0, 0.1) is 6.92 Å². The lowest BCUT2D eigenvalue weighted by Gasteiger charge is -2.15. The summed E-state index contributed by atoms with van der Waals surface area (Å²) in [5, 5.41) is 3.17. The summed E-state index contributed by atoms with van der Waals surface area (Å²) in [5.74, 6) is -0.122. The van der Waals surface area contributed by atoms with Gasteiger partial charge < -0.3 is 24.3 Å². The normalized spacial score (nSPS) is 11.3. The number of anilines is 1. The molecule has 0 saturated heterocycles. The highest BCUT2D eigenvalue weighted by Crippen LogP contribution is 2.41. The van der Waals surface area contributed by atoms with Gasteiger partial charge in [0, 0.05) is 30.7 Å². The van der Waals surface area contributed by atoms with E-state index in [0.717, 1.165) is 4.31 Å². The van der Waals surface area contributed by atoms with Crippen molar-refractivity contribution >= 4 is 38.5 Å². The molecule has 0 atom stereocenters. The Morgan fingerprint density at radius 3 is 2.19 bits per heavy atom. The minimum Gasteiger partial charge on any atom is -0.493 e. The molecule has 4 rings (SSSR count). The number of nitrogens with one attached hydrogen (secondary N) is 1. The standard InChI is InChI=1S/C30H31N3O8S/c1-18-11-12-20(42(36,37)33(2)3)15-24(18)32-28(34)17-41-30(35)22-16-25(31-23-10-8-7-9-21(22)23)19-13-26(38-4)29(40-6)27(14-19)39-5/h7-16H,17H2,1-6H3,(H,32,34). The van der Waals surface area contributed by atoms with Crippen molar-refractivity contribution in [1.82, 2.24) is 9.29 Å². The van der Waals surface area contributed by atoms with Crippen molar-refractivity contribution in [3.05, 3.63) is 71.8 Å². The Kier molecular flexibility index (Phi) is 8.98. The highest BCUT2D eigenvalue weighted by Gasteiger charge is 2.21. The largest absolute Gasteiger partial charge is 0.493 e. The molecule has 1 heterocycles. The minimum absolute atomic E-state index is 0.0213. The van der Waals surface area contributed by atoms with E-state index < -0.39 is 28.5 Å². The molecule has 4 aromatic rings. The number of aryl methyl sites for hydroxylation is 1. The number of carbonyl (C=O) groups excluding carboxylic acids is 2. The molecule has 0 unspecified atom stereocenters. The van der Waals surface area contributed by atoms with Gasteiger partial charge in [-0.1, -0.05) is 24.3 Å². The van der Waals surface area contributed by atoms with E-state index in [9.17, 15) is 18.0 Å². The second-order valence-electron chi connectivity index (χ2n) is 9.37. The monoisotopic (exact) mass is 593 g/mol. The number of carbonyl (C=O) groups is 2. The second-order valence-corrected chi connectivity index (χ2v) is 11.5. The summed E-state index contributed by atoms with van der Waals surface area (Å²) in [5.41, 5.74) is 2.71. The molecule has 1 N–H and O–H groups in total. The number of hydrogen-bond acceptors (Lipinski definition) is 9. The Morgan fingerprint density at radius 1 is 0.905 bits per heavy atom. The third kappa shape index (κ3) is 6.14. The zero-order chi connectivity index (χ0) is 30.6. The second kappa shape index (κ2) is 12.5. The molecule has 0 bridgehead atoms. The maximum atomic E-state index is 13.3. The quantitative estimate of drug-likeness (QED) is 0.268. The first-order valence-corrected chi connectivity index (χ1v) is 14.1. The summed E-state index contributed by atoms with van der Waals surface area (Å²) in [4.78, 5) is 30.8. The van der Waals surface area contributed by atoms with Gasteiger partial charge in [-0.05, 0) is 48.9 Å². The number of ether oxygens (including phenoxy) is 4. The summed E-state index contributed by atoms with van der Waals surface area (Å²) < 4.78 is 47.8. The Bertz CT molecular complexity index is 1750. The van der Waals surface area contributed by atoms with E-state index in [1.54, 1.807) is 55.5 Å². The fraction of sp³-hybridized carbons (Fsp3) is 0.233. The number of hydrogen-bond donors (Lipinski definition) is 1. The molecule has 1 amide bonds. The van der Waals surface area contributed by atoms with Crippen LogP contribution < -0.4 is 19.5 Å². The molecule has 3 aromatic carbocycles. The van der Waals surface area contributed by atoms with E-state index in [1.807, 2.05) is 0 Å².